The Morgan fingerprint density at radius 3 is 2.71 bits per heavy atom. The van der Waals surface area contributed by atoms with E-state index in [4.69, 9.17) is 9.47 Å². The summed E-state index contributed by atoms with van der Waals surface area (Å²) in [4.78, 5) is 11.0. The van der Waals surface area contributed by atoms with Crippen LogP contribution in [-0.4, -0.2) is 66.5 Å². The summed E-state index contributed by atoms with van der Waals surface area (Å²) in [6.45, 7) is 7.01. The first-order chi connectivity index (χ1) is 13.5. The molecule has 0 amide bonds. The van der Waals surface area contributed by atoms with Crippen molar-refractivity contribution in [1.82, 2.24) is 14.9 Å². The number of aromatic nitrogens is 2. The van der Waals surface area contributed by atoms with Crippen molar-refractivity contribution in [3.63, 3.8) is 0 Å². The highest BCUT2D eigenvalue weighted by atomic mass is 16.5. The molecule has 1 atom stereocenters. The van der Waals surface area contributed by atoms with E-state index in [1.807, 2.05) is 38.2 Å². The van der Waals surface area contributed by atoms with E-state index in [0.717, 1.165) is 30.3 Å². The molecule has 0 aliphatic carbocycles. The largest absolute Gasteiger partial charge is 0.493 e. The number of methoxy groups -OCH3 is 1. The van der Waals surface area contributed by atoms with E-state index in [9.17, 15) is 5.11 Å². The number of hydrogen-bond acceptors (Lipinski definition) is 8. The van der Waals surface area contributed by atoms with E-state index in [-0.39, 0.29) is 6.61 Å². The van der Waals surface area contributed by atoms with Crippen LogP contribution in [0.25, 0.3) is 0 Å². The lowest BCUT2D eigenvalue weighted by Crippen LogP contribution is -2.49. The van der Waals surface area contributed by atoms with Gasteiger partial charge < -0.3 is 30.1 Å². The Balaban J connectivity index is 1.65. The molecule has 3 rings (SSSR count). The maximum atomic E-state index is 10.2. The van der Waals surface area contributed by atoms with Crippen molar-refractivity contribution in [2.45, 2.75) is 20.0 Å². The zero-order valence-corrected chi connectivity index (χ0v) is 16.9. The Morgan fingerprint density at radius 2 is 2.04 bits per heavy atom. The number of nitrogens with zero attached hydrogens (tertiary/aromatic N) is 3. The van der Waals surface area contributed by atoms with Gasteiger partial charge in [-0.3, -0.25) is 0 Å². The third-order valence-corrected chi connectivity index (χ3v) is 4.57. The zero-order chi connectivity index (χ0) is 20.1. The number of anilines is 3. The lowest BCUT2D eigenvalue weighted by Gasteiger charge is -2.38. The fourth-order valence-electron chi connectivity index (χ4n) is 3.26. The minimum Gasteiger partial charge on any atom is -0.493 e. The third kappa shape index (κ3) is 5.24. The van der Waals surface area contributed by atoms with Crippen LogP contribution >= 0.6 is 0 Å². The quantitative estimate of drug-likeness (QED) is 0.604. The summed E-state index contributed by atoms with van der Waals surface area (Å²) in [6.07, 6.45) is -0.549. The SMILES string of the molecule is CNc1cc(C)nc(Nc2ccc(OC)c(OCC(O)CN3CC(C)C3)c2)n1. The molecule has 0 saturated carbocycles. The maximum absolute atomic E-state index is 10.2. The molecule has 0 bridgehead atoms. The molecule has 2 aromatic rings. The van der Waals surface area contributed by atoms with Gasteiger partial charge in [0.2, 0.25) is 5.95 Å². The van der Waals surface area contributed by atoms with Crippen LogP contribution in [0.15, 0.2) is 24.3 Å². The van der Waals surface area contributed by atoms with Gasteiger partial charge in [-0.2, -0.15) is 4.98 Å². The standard InChI is InChI=1S/C20H29N5O3/c1-13-9-25(10-13)11-16(26)12-28-18-8-15(5-6-17(18)27-4)23-20-22-14(2)7-19(21-3)24-20/h5-8,13,16,26H,9-12H2,1-4H3,(H2,21,22,23,24). The number of aliphatic hydroxyl groups is 1. The van der Waals surface area contributed by atoms with Crippen molar-refractivity contribution in [2.75, 3.05) is 51.0 Å². The molecular formula is C20H29N5O3. The van der Waals surface area contributed by atoms with Gasteiger partial charge in [-0.15, -0.1) is 0 Å². The van der Waals surface area contributed by atoms with Crippen LogP contribution in [0, 0.1) is 12.8 Å². The third-order valence-electron chi connectivity index (χ3n) is 4.57. The van der Waals surface area contributed by atoms with E-state index >= 15 is 0 Å². The molecule has 0 spiro atoms. The molecule has 1 saturated heterocycles. The molecule has 8 nitrogen and oxygen atoms in total. The number of nitrogens with one attached hydrogen (secondary N) is 2. The second-order valence-corrected chi connectivity index (χ2v) is 7.25. The zero-order valence-electron chi connectivity index (χ0n) is 16.9. The lowest BCUT2D eigenvalue weighted by molar-refractivity contribution is 0.0242. The number of hydrogen-bond donors (Lipinski definition) is 3. The van der Waals surface area contributed by atoms with Gasteiger partial charge in [0, 0.05) is 50.2 Å². The molecule has 1 unspecified atom stereocenters. The van der Waals surface area contributed by atoms with Crippen LogP contribution in [0.2, 0.25) is 0 Å². The monoisotopic (exact) mass is 387 g/mol. The number of aryl methyl sites for hydroxylation is 1. The Labute approximate surface area is 165 Å². The van der Waals surface area contributed by atoms with Crippen LogP contribution in [0.4, 0.5) is 17.5 Å². The molecule has 28 heavy (non-hydrogen) atoms. The van der Waals surface area contributed by atoms with Gasteiger partial charge in [-0.1, -0.05) is 6.92 Å². The highest BCUT2D eigenvalue weighted by Crippen LogP contribution is 2.31. The molecule has 8 heteroatoms. The predicted octanol–water partition coefficient (Wildman–Crippen LogP) is 2.27. The first kappa shape index (κ1) is 20.2. The van der Waals surface area contributed by atoms with Crippen LogP contribution in [0.3, 0.4) is 0 Å². The number of ether oxygens (including phenoxy) is 2. The van der Waals surface area contributed by atoms with Gasteiger partial charge in [0.15, 0.2) is 11.5 Å². The molecule has 1 aliphatic rings. The van der Waals surface area contributed by atoms with Crippen molar-refractivity contribution in [2.24, 2.45) is 5.92 Å². The molecule has 152 valence electrons. The molecule has 1 aromatic heterocycles. The van der Waals surface area contributed by atoms with Gasteiger partial charge in [0.1, 0.15) is 18.5 Å². The Hall–Kier alpha value is -2.58. The topological polar surface area (TPSA) is 91.8 Å². The Bertz CT molecular complexity index is 795. The summed E-state index contributed by atoms with van der Waals surface area (Å²) in [5.41, 5.74) is 1.63. The van der Waals surface area contributed by atoms with Crippen molar-refractivity contribution >= 4 is 17.5 Å². The Kier molecular flexibility index (Phi) is 6.53. The first-order valence-electron chi connectivity index (χ1n) is 9.48. The normalized spacial score (nSPS) is 15.6. The minimum absolute atomic E-state index is 0.204. The number of benzene rings is 1. The molecule has 1 aromatic carbocycles. The van der Waals surface area contributed by atoms with Gasteiger partial charge in [0.25, 0.3) is 0 Å². The molecule has 1 fully saturated rings. The van der Waals surface area contributed by atoms with E-state index in [1.54, 1.807) is 7.11 Å². The smallest absolute Gasteiger partial charge is 0.229 e. The van der Waals surface area contributed by atoms with Crippen LogP contribution in [0.5, 0.6) is 11.5 Å². The summed E-state index contributed by atoms with van der Waals surface area (Å²) < 4.78 is 11.2. The average molecular weight is 387 g/mol. The van der Waals surface area contributed by atoms with Crippen LogP contribution in [0.1, 0.15) is 12.6 Å². The van der Waals surface area contributed by atoms with Crippen molar-refractivity contribution in [3.05, 3.63) is 30.0 Å². The average Bonchev–Trinajstić information content (AvgIpc) is 2.64. The van der Waals surface area contributed by atoms with Gasteiger partial charge >= 0.3 is 0 Å². The first-order valence-corrected chi connectivity index (χ1v) is 9.48. The van der Waals surface area contributed by atoms with Crippen LogP contribution < -0.4 is 20.1 Å². The van der Waals surface area contributed by atoms with E-state index in [2.05, 4.69) is 32.4 Å². The highest BCUT2D eigenvalue weighted by Gasteiger charge is 2.24. The fourth-order valence-corrected chi connectivity index (χ4v) is 3.26. The van der Waals surface area contributed by atoms with Gasteiger partial charge in [0.05, 0.1) is 7.11 Å². The van der Waals surface area contributed by atoms with Crippen LogP contribution in [-0.2, 0) is 0 Å². The Morgan fingerprint density at radius 1 is 1.25 bits per heavy atom. The summed E-state index contributed by atoms with van der Waals surface area (Å²) in [5.74, 6) is 3.11. The number of likely N-dealkylation sites (tertiary alicyclic amines) is 1. The molecule has 2 heterocycles. The minimum atomic E-state index is -0.549. The summed E-state index contributed by atoms with van der Waals surface area (Å²) in [5, 5.41) is 16.4. The fraction of sp³-hybridized carbons (Fsp3) is 0.500. The summed E-state index contributed by atoms with van der Waals surface area (Å²) in [7, 11) is 3.41. The van der Waals surface area contributed by atoms with Gasteiger partial charge in [-0.05, 0) is 25.0 Å². The molecule has 3 N–H and O–H groups in total. The second-order valence-electron chi connectivity index (χ2n) is 7.25. The van der Waals surface area contributed by atoms with E-state index in [0.29, 0.717) is 29.9 Å². The lowest BCUT2D eigenvalue weighted by atomic mass is 10.0. The highest BCUT2D eigenvalue weighted by molar-refractivity contribution is 5.60. The van der Waals surface area contributed by atoms with Crippen molar-refractivity contribution in [1.29, 1.82) is 0 Å². The molecular weight excluding hydrogens is 358 g/mol. The second kappa shape index (κ2) is 9.07. The van der Waals surface area contributed by atoms with Gasteiger partial charge in [-0.25, -0.2) is 4.98 Å². The predicted molar refractivity (Wildman–Crippen MR) is 110 cm³/mol. The van der Waals surface area contributed by atoms with E-state index in [1.165, 1.54) is 0 Å². The number of aliphatic hydroxyl groups excluding tert-OH is 1. The maximum Gasteiger partial charge on any atom is 0.229 e. The summed E-state index contributed by atoms with van der Waals surface area (Å²) >= 11 is 0. The molecule has 1 aliphatic heterocycles. The van der Waals surface area contributed by atoms with E-state index < -0.39 is 6.10 Å². The van der Waals surface area contributed by atoms with Crippen molar-refractivity contribution < 1.29 is 14.6 Å². The molecule has 0 radical (unpaired) electrons. The van der Waals surface area contributed by atoms with Crippen molar-refractivity contribution in [3.8, 4) is 11.5 Å². The number of rotatable bonds is 9. The number of β-amino-alcohol motifs (C(OH)–C–C–N with tert-alkyl or cyclic N) is 1. The summed E-state index contributed by atoms with van der Waals surface area (Å²) in [6, 6.07) is 7.38.